The molecule has 0 amide bonds. The van der Waals surface area contributed by atoms with Gasteiger partial charge in [0.15, 0.2) is 5.78 Å². The third-order valence-electron chi connectivity index (χ3n) is 2.71. The van der Waals surface area contributed by atoms with Crippen LogP contribution in [0, 0.1) is 5.41 Å². The maximum atomic E-state index is 11.2. The van der Waals surface area contributed by atoms with Gasteiger partial charge >= 0.3 is 0 Å². The Morgan fingerprint density at radius 3 is 2.83 bits per heavy atom. The molecule has 0 radical (unpaired) electrons. The number of rotatable bonds is 2. The van der Waals surface area contributed by atoms with E-state index < -0.39 is 0 Å². The van der Waals surface area contributed by atoms with E-state index in [4.69, 9.17) is 4.74 Å². The van der Waals surface area contributed by atoms with E-state index in [2.05, 4.69) is 0 Å². The standard InChI is InChI=1S/C10H14O2/c1-2-12-9-5-8(11)6-10(7-9)3-4-10/h5H,2-4,6-7H2,1H3. The van der Waals surface area contributed by atoms with E-state index in [1.165, 1.54) is 12.8 Å². The minimum Gasteiger partial charge on any atom is -0.498 e. The fourth-order valence-electron chi connectivity index (χ4n) is 1.89. The van der Waals surface area contributed by atoms with Gasteiger partial charge in [0.25, 0.3) is 0 Å². The first-order valence-electron chi connectivity index (χ1n) is 4.60. The largest absolute Gasteiger partial charge is 0.498 e. The molecule has 0 bridgehead atoms. The van der Waals surface area contributed by atoms with Gasteiger partial charge in [-0.3, -0.25) is 4.79 Å². The first-order valence-corrected chi connectivity index (χ1v) is 4.60. The smallest absolute Gasteiger partial charge is 0.159 e. The zero-order valence-electron chi connectivity index (χ0n) is 7.43. The summed E-state index contributed by atoms with van der Waals surface area (Å²) in [4.78, 5) is 11.2. The Kier molecular flexibility index (Phi) is 1.71. The molecule has 1 saturated carbocycles. The summed E-state index contributed by atoms with van der Waals surface area (Å²) in [5, 5.41) is 0. The Morgan fingerprint density at radius 2 is 2.25 bits per heavy atom. The average molecular weight is 166 g/mol. The van der Waals surface area contributed by atoms with E-state index in [9.17, 15) is 4.79 Å². The molecule has 0 unspecified atom stereocenters. The van der Waals surface area contributed by atoms with E-state index >= 15 is 0 Å². The highest BCUT2D eigenvalue weighted by Crippen LogP contribution is 2.55. The molecule has 2 rings (SSSR count). The van der Waals surface area contributed by atoms with Gasteiger partial charge in [0, 0.05) is 18.9 Å². The molecule has 1 fully saturated rings. The Bertz CT molecular complexity index is 236. The van der Waals surface area contributed by atoms with Crippen molar-refractivity contribution < 1.29 is 9.53 Å². The van der Waals surface area contributed by atoms with Gasteiger partial charge in [-0.2, -0.15) is 0 Å². The van der Waals surface area contributed by atoms with Crippen LogP contribution in [0.15, 0.2) is 11.8 Å². The van der Waals surface area contributed by atoms with Crippen LogP contribution in [0.25, 0.3) is 0 Å². The van der Waals surface area contributed by atoms with Crippen molar-refractivity contribution in [2.75, 3.05) is 6.61 Å². The molecule has 2 heteroatoms. The van der Waals surface area contributed by atoms with E-state index in [1.54, 1.807) is 6.08 Å². The number of allylic oxidation sites excluding steroid dienone is 2. The maximum Gasteiger partial charge on any atom is 0.159 e. The van der Waals surface area contributed by atoms with Crippen molar-refractivity contribution in [2.24, 2.45) is 5.41 Å². The number of carbonyl (C=O) groups is 1. The number of ketones is 1. The van der Waals surface area contributed by atoms with Crippen molar-refractivity contribution in [3.8, 4) is 0 Å². The molecular weight excluding hydrogens is 152 g/mol. The zero-order chi connectivity index (χ0) is 8.60. The number of hydrogen-bond donors (Lipinski definition) is 0. The van der Waals surface area contributed by atoms with Crippen molar-refractivity contribution in [1.29, 1.82) is 0 Å². The Hall–Kier alpha value is -0.790. The van der Waals surface area contributed by atoms with Gasteiger partial charge in [0.1, 0.15) is 5.76 Å². The second kappa shape index (κ2) is 2.61. The van der Waals surface area contributed by atoms with Crippen LogP contribution in [0.4, 0.5) is 0 Å². The molecule has 66 valence electrons. The summed E-state index contributed by atoms with van der Waals surface area (Å²) in [6, 6.07) is 0. The molecule has 0 aromatic heterocycles. The van der Waals surface area contributed by atoms with Crippen LogP contribution < -0.4 is 0 Å². The van der Waals surface area contributed by atoms with Gasteiger partial charge in [-0.05, 0) is 25.2 Å². The molecule has 2 aliphatic carbocycles. The lowest BCUT2D eigenvalue weighted by atomic mass is 9.89. The third kappa shape index (κ3) is 1.38. The Balaban J connectivity index is 2.08. The van der Waals surface area contributed by atoms with Crippen LogP contribution >= 0.6 is 0 Å². The quantitative estimate of drug-likeness (QED) is 0.627. The lowest BCUT2D eigenvalue weighted by Crippen LogP contribution is -2.16. The summed E-state index contributed by atoms with van der Waals surface area (Å²) < 4.78 is 5.37. The van der Waals surface area contributed by atoms with Gasteiger partial charge in [-0.1, -0.05) is 0 Å². The van der Waals surface area contributed by atoms with Crippen molar-refractivity contribution in [3.63, 3.8) is 0 Å². The fraction of sp³-hybridized carbons (Fsp3) is 0.700. The number of hydrogen-bond acceptors (Lipinski definition) is 2. The van der Waals surface area contributed by atoms with E-state index in [-0.39, 0.29) is 5.78 Å². The molecule has 0 aliphatic heterocycles. The van der Waals surface area contributed by atoms with Crippen molar-refractivity contribution >= 4 is 5.78 Å². The highest BCUT2D eigenvalue weighted by molar-refractivity contribution is 5.91. The number of ether oxygens (including phenoxy) is 1. The summed E-state index contributed by atoms with van der Waals surface area (Å²) in [5.74, 6) is 1.16. The van der Waals surface area contributed by atoms with Crippen molar-refractivity contribution in [2.45, 2.75) is 32.6 Å². The van der Waals surface area contributed by atoms with Gasteiger partial charge in [-0.25, -0.2) is 0 Å². The molecule has 0 saturated heterocycles. The topological polar surface area (TPSA) is 26.3 Å². The van der Waals surface area contributed by atoms with Crippen LogP contribution in [0.5, 0.6) is 0 Å². The van der Waals surface area contributed by atoms with Gasteiger partial charge < -0.3 is 4.74 Å². The molecule has 12 heavy (non-hydrogen) atoms. The lowest BCUT2D eigenvalue weighted by molar-refractivity contribution is -0.116. The first kappa shape index (κ1) is 7.84. The Labute approximate surface area is 72.6 Å². The minimum atomic E-state index is 0.252. The van der Waals surface area contributed by atoms with Gasteiger partial charge in [0.2, 0.25) is 0 Å². The van der Waals surface area contributed by atoms with E-state index in [1.807, 2.05) is 6.92 Å². The average Bonchev–Trinajstić information content (AvgIpc) is 2.67. The third-order valence-corrected chi connectivity index (χ3v) is 2.71. The molecule has 0 N–H and O–H groups in total. The van der Waals surface area contributed by atoms with Crippen LogP contribution in [0.3, 0.4) is 0 Å². The summed E-state index contributed by atoms with van der Waals surface area (Å²) in [6.07, 6.45) is 5.84. The minimum absolute atomic E-state index is 0.252. The number of carbonyl (C=O) groups excluding carboxylic acids is 1. The molecule has 0 atom stereocenters. The molecule has 0 aromatic rings. The molecule has 0 heterocycles. The van der Waals surface area contributed by atoms with Crippen molar-refractivity contribution in [1.82, 2.24) is 0 Å². The predicted octanol–water partition coefficient (Wildman–Crippen LogP) is 2.05. The molecule has 2 aliphatic rings. The summed E-state index contributed by atoms with van der Waals surface area (Å²) in [6.45, 7) is 2.63. The van der Waals surface area contributed by atoms with E-state index in [0.717, 1.165) is 18.6 Å². The molecule has 1 spiro atoms. The van der Waals surface area contributed by atoms with E-state index in [0.29, 0.717) is 12.0 Å². The van der Waals surface area contributed by atoms with Gasteiger partial charge in [-0.15, -0.1) is 0 Å². The summed E-state index contributed by atoms with van der Waals surface area (Å²) >= 11 is 0. The second-order valence-corrected chi connectivity index (χ2v) is 3.86. The van der Waals surface area contributed by atoms with Crippen molar-refractivity contribution in [3.05, 3.63) is 11.8 Å². The normalized spacial score (nSPS) is 25.4. The molecular formula is C10H14O2. The highest BCUT2D eigenvalue weighted by atomic mass is 16.5. The predicted molar refractivity (Wildman–Crippen MR) is 45.6 cm³/mol. The highest BCUT2D eigenvalue weighted by Gasteiger charge is 2.46. The van der Waals surface area contributed by atoms with Crippen LogP contribution in [-0.2, 0) is 9.53 Å². The monoisotopic (exact) mass is 166 g/mol. The van der Waals surface area contributed by atoms with Crippen LogP contribution in [0.2, 0.25) is 0 Å². The van der Waals surface area contributed by atoms with Gasteiger partial charge in [0.05, 0.1) is 6.61 Å². The SMILES string of the molecule is CCOC1=CC(=O)CC2(CC2)C1. The molecule has 2 nitrogen and oxygen atoms in total. The lowest BCUT2D eigenvalue weighted by Gasteiger charge is -2.20. The summed E-state index contributed by atoms with van der Waals surface area (Å²) in [7, 11) is 0. The first-order chi connectivity index (χ1) is 5.74. The summed E-state index contributed by atoms with van der Waals surface area (Å²) in [5.41, 5.74) is 0.330. The zero-order valence-corrected chi connectivity index (χ0v) is 7.43. The Morgan fingerprint density at radius 1 is 1.50 bits per heavy atom. The van der Waals surface area contributed by atoms with Crippen LogP contribution in [0.1, 0.15) is 32.6 Å². The van der Waals surface area contributed by atoms with Crippen LogP contribution in [-0.4, -0.2) is 12.4 Å². The fourth-order valence-corrected chi connectivity index (χ4v) is 1.89. The molecule has 0 aromatic carbocycles. The second-order valence-electron chi connectivity index (χ2n) is 3.86. The maximum absolute atomic E-state index is 11.2.